The molecule has 0 aromatic heterocycles. The SMILES string of the molecule is C#CCOc1ccc(Br)cc1/C=C1\C(=O)NC(=O)N(c2cccc(C)c2C)C1=O. The van der Waals surface area contributed by atoms with Gasteiger partial charge in [0.15, 0.2) is 0 Å². The van der Waals surface area contributed by atoms with Crippen molar-refractivity contribution in [2.75, 3.05) is 11.5 Å². The highest BCUT2D eigenvalue weighted by Gasteiger charge is 2.37. The van der Waals surface area contributed by atoms with Crippen LogP contribution in [0.5, 0.6) is 5.75 Å². The predicted octanol–water partition coefficient (Wildman–Crippen LogP) is 3.74. The summed E-state index contributed by atoms with van der Waals surface area (Å²) in [6.45, 7) is 3.72. The number of benzene rings is 2. The third-order valence-corrected chi connectivity index (χ3v) is 4.99. The normalized spacial score (nSPS) is 15.3. The van der Waals surface area contributed by atoms with Crippen LogP contribution in [0.1, 0.15) is 16.7 Å². The number of carbonyl (C=O) groups excluding carboxylic acids is 3. The van der Waals surface area contributed by atoms with Crippen LogP contribution in [0, 0.1) is 26.2 Å². The summed E-state index contributed by atoms with van der Waals surface area (Å²) < 4.78 is 6.22. The Morgan fingerprint density at radius 1 is 1.21 bits per heavy atom. The molecule has 0 radical (unpaired) electrons. The average Bonchev–Trinajstić information content (AvgIpc) is 2.67. The van der Waals surface area contributed by atoms with Crippen LogP contribution in [-0.4, -0.2) is 24.5 Å². The molecule has 1 aliphatic rings. The molecule has 6 nitrogen and oxygen atoms in total. The van der Waals surface area contributed by atoms with Gasteiger partial charge in [-0.3, -0.25) is 14.9 Å². The van der Waals surface area contributed by atoms with Gasteiger partial charge in [0.25, 0.3) is 11.8 Å². The van der Waals surface area contributed by atoms with Gasteiger partial charge in [-0.2, -0.15) is 0 Å². The maximum atomic E-state index is 13.1. The highest BCUT2D eigenvalue weighted by Crippen LogP contribution is 2.29. The Hall–Kier alpha value is -3.37. The van der Waals surface area contributed by atoms with E-state index in [4.69, 9.17) is 11.2 Å². The lowest BCUT2D eigenvalue weighted by Crippen LogP contribution is -2.54. The number of hydrogen-bond acceptors (Lipinski definition) is 4. The minimum Gasteiger partial charge on any atom is -0.480 e. The first-order valence-electron chi connectivity index (χ1n) is 8.67. The van der Waals surface area contributed by atoms with E-state index in [0.29, 0.717) is 17.0 Å². The first-order valence-corrected chi connectivity index (χ1v) is 9.46. The van der Waals surface area contributed by atoms with Gasteiger partial charge in [-0.05, 0) is 55.3 Å². The topological polar surface area (TPSA) is 75.7 Å². The fourth-order valence-corrected chi connectivity index (χ4v) is 3.27. The third kappa shape index (κ3) is 4.08. The Morgan fingerprint density at radius 3 is 2.69 bits per heavy atom. The van der Waals surface area contributed by atoms with Crippen molar-refractivity contribution >= 4 is 45.5 Å². The van der Waals surface area contributed by atoms with Gasteiger partial charge < -0.3 is 4.74 Å². The number of hydrogen-bond donors (Lipinski definition) is 1. The quantitative estimate of drug-likeness (QED) is 0.435. The predicted molar refractivity (Wildman–Crippen MR) is 113 cm³/mol. The molecule has 29 heavy (non-hydrogen) atoms. The molecular weight excluding hydrogens is 436 g/mol. The van der Waals surface area contributed by atoms with Crippen molar-refractivity contribution in [3.63, 3.8) is 0 Å². The van der Waals surface area contributed by atoms with Crippen LogP contribution in [0.2, 0.25) is 0 Å². The summed E-state index contributed by atoms with van der Waals surface area (Å²) in [6.07, 6.45) is 6.63. The number of urea groups is 1. The summed E-state index contributed by atoms with van der Waals surface area (Å²) in [5.41, 5.74) is 2.40. The van der Waals surface area contributed by atoms with E-state index in [-0.39, 0.29) is 12.2 Å². The van der Waals surface area contributed by atoms with Gasteiger partial charge in [0, 0.05) is 10.0 Å². The Kier molecular flexibility index (Phi) is 5.85. The maximum Gasteiger partial charge on any atom is 0.335 e. The number of terminal acetylenes is 1. The summed E-state index contributed by atoms with van der Waals surface area (Å²) in [7, 11) is 0. The van der Waals surface area contributed by atoms with Crippen LogP contribution >= 0.6 is 15.9 Å². The van der Waals surface area contributed by atoms with Crippen molar-refractivity contribution in [3.05, 3.63) is 63.1 Å². The second-order valence-corrected chi connectivity index (χ2v) is 7.27. The number of rotatable bonds is 4. The first kappa shape index (κ1) is 20.4. The van der Waals surface area contributed by atoms with Gasteiger partial charge >= 0.3 is 6.03 Å². The summed E-state index contributed by atoms with van der Waals surface area (Å²) >= 11 is 3.36. The molecule has 0 spiro atoms. The minimum absolute atomic E-state index is 0.0328. The van der Waals surface area contributed by atoms with Crippen LogP contribution in [0.4, 0.5) is 10.5 Å². The molecule has 0 bridgehead atoms. The van der Waals surface area contributed by atoms with Gasteiger partial charge in [0.1, 0.15) is 17.9 Å². The zero-order valence-corrected chi connectivity index (χ0v) is 17.4. The molecule has 1 fully saturated rings. The van der Waals surface area contributed by atoms with E-state index in [1.54, 1.807) is 30.3 Å². The first-order chi connectivity index (χ1) is 13.8. The minimum atomic E-state index is -0.788. The largest absolute Gasteiger partial charge is 0.480 e. The van der Waals surface area contributed by atoms with E-state index in [1.165, 1.54) is 6.08 Å². The lowest BCUT2D eigenvalue weighted by molar-refractivity contribution is -0.122. The van der Waals surface area contributed by atoms with E-state index in [0.717, 1.165) is 20.5 Å². The summed E-state index contributed by atoms with van der Waals surface area (Å²) in [4.78, 5) is 38.9. The molecule has 3 rings (SSSR count). The number of anilines is 1. The van der Waals surface area contributed by atoms with E-state index < -0.39 is 17.8 Å². The van der Waals surface area contributed by atoms with Crippen molar-refractivity contribution in [2.24, 2.45) is 0 Å². The summed E-state index contributed by atoms with van der Waals surface area (Å²) in [5, 5.41) is 2.23. The van der Waals surface area contributed by atoms with Gasteiger partial charge in [0.2, 0.25) is 0 Å². The second-order valence-electron chi connectivity index (χ2n) is 6.35. The number of aryl methyl sites for hydroxylation is 1. The Balaban J connectivity index is 2.08. The van der Waals surface area contributed by atoms with Gasteiger partial charge in [-0.1, -0.05) is 34.0 Å². The lowest BCUT2D eigenvalue weighted by atomic mass is 10.0. The molecule has 2 aromatic carbocycles. The van der Waals surface area contributed by atoms with Crippen molar-refractivity contribution in [1.82, 2.24) is 5.32 Å². The highest BCUT2D eigenvalue weighted by atomic mass is 79.9. The molecule has 1 N–H and O–H groups in total. The molecular formula is C22H17BrN2O4. The van der Waals surface area contributed by atoms with Crippen molar-refractivity contribution in [2.45, 2.75) is 13.8 Å². The van der Waals surface area contributed by atoms with Crippen LogP contribution in [0.25, 0.3) is 6.08 Å². The summed E-state index contributed by atoms with van der Waals surface area (Å²) in [5.74, 6) is 1.30. The fraction of sp³-hybridized carbons (Fsp3) is 0.136. The number of amides is 4. The zero-order valence-electron chi connectivity index (χ0n) is 15.8. The molecule has 1 heterocycles. The fourth-order valence-electron chi connectivity index (χ4n) is 2.89. The van der Waals surface area contributed by atoms with E-state index in [9.17, 15) is 14.4 Å². The van der Waals surface area contributed by atoms with E-state index >= 15 is 0 Å². The number of imide groups is 2. The molecule has 1 aliphatic heterocycles. The molecule has 2 aromatic rings. The Morgan fingerprint density at radius 2 is 1.97 bits per heavy atom. The molecule has 0 saturated carbocycles. The van der Waals surface area contributed by atoms with Crippen LogP contribution < -0.4 is 15.0 Å². The number of nitrogens with zero attached hydrogens (tertiary/aromatic N) is 1. The van der Waals surface area contributed by atoms with Gasteiger partial charge in [-0.15, -0.1) is 6.42 Å². The monoisotopic (exact) mass is 452 g/mol. The Bertz CT molecular complexity index is 1100. The molecule has 0 unspecified atom stereocenters. The number of ether oxygens (including phenoxy) is 1. The lowest BCUT2D eigenvalue weighted by Gasteiger charge is -2.28. The molecule has 7 heteroatoms. The van der Waals surface area contributed by atoms with Crippen LogP contribution in [0.15, 0.2) is 46.4 Å². The van der Waals surface area contributed by atoms with Crippen molar-refractivity contribution < 1.29 is 19.1 Å². The van der Waals surface area contributed by atoms with Crippen molar-refractivity contribution in [3.8, 4) is 18.1 Å². The van der Waals surface area contributed by atoms with E-state index in [1.807, 2.05) is 19.9 Å². The second kappa shape index (κ2) is 8.33. The molecule has 0 aliphatic carbocycles. The average molecular weight is 453 g/mol. The van der Waals surface area contributed by atoms with Crippen LogP contribution in [-0.2, 0) is 9.59 Å². The van der Waals surface area contributed by atoms with Gasteiger partial charge in [0.05, 0.1) is 5.69 Å². The highest BCUT2D eigenvalue weighted by molar-refractivity contribution is 9.10. The maximum absolute atomic E-state index is 13.1. The van der Waals surface area contributed by atoms with Crippen LogP contribution in [0.3, 0.4) is 0 Å². The zero-order chi connectivity index (χ0) is 21.1. The number of halogens is 1. The number of carbonyl (C=O) groups is 3. The molecule has 1 saturated heterocycles. The van der Waals surface area contributed by atoms with Gasteiger partial charge in [-0.25, -0.2) is 9.69 Å². The smallest absolute Gasteiger partial charge is 0.335 e. The molecule has 4 amide bonds. The Labute approximate surface area is 176 Å². The van der Waals surface area contributed by atoms with E-state index in [2.05, 4.69) is 27.2 Å². The molecule has 0 atom stereocenters. The standard InChI is InChI=1S/C22H17BrN2O4/c1-4-10-29-19-9-8-16(23)11-15(19)12-17-20(26)24-22(28)25(21(17)27)18-7-5-6-13(2)14(18)3/h1,5-9,11-12H,10H2,2-3H3,(H,24,26,28)/b17-12+. The summed E-state index contributed by atoms with van der Waals surface area (Å²) in [6, 6.07) is 9.62. The van der Waals surface area contributed by atoms with Crippen molar-refractivity contribution in [1.29, 1.82) is 0 Å². The molecule has 146 valence electrons. The number of nitrogens with one attached hydrogen (secondary N) is 1. The third-order valence-electron chi connectivity index (χ3n) is 4.50. The number of barbiturate groups is 1.